The molecule has 8 heteroatoms. The quantitative estimate of drug-likeness (QED) is 0.512. The molecular formula is C21H18Cl2FN3O2. The SMILES string of the molecule is C=C(CCNc1ccnc2cc(Cl)ccc12)NC(=O)COc1ccc(Cl)c(F)c1. The minimum Gasteiger partial charge on any atom is -0.484 e. The molecule has 0 unspecified atom stereocenters. The standard InChI is InChI=1S/C21H18Cl2FN3O2/c1-13(27-21(28)12-29-15-3-5-17(23)18(24)11-15)6-8-25-19-7-9-26-20-10-14(22)2-4-16(19)20/h2-5,7,9-11H,1,6,8,12H2,(H,25,26)(H,27,28). The van der Waals surface area contributed by atoms with E-state index in [1.54, 1.807) is 12.3 Å². The Bertz CT molecular complexity index is 1060. The topological polar surface area (TPSA) is 63.2 Å². The van der Waals surface area contributed by atoms with Crippen LogP contribution in [0.5, 0.6) is 5.75 Å². The fourth-order valence-corrected chi connectivity index (χ4v) is 2.92. The zero-order valence-electron chi connectivity index (χ0n) is 15.3. The molecule has 1 heterocycles. The Hall–Kier alpha value is -2.83. The summed E-state index contributed by atoms with van der Waals surface area (Å²) in [5.41, 5.74) is 2.25. The lowest BCUT2D eigenvalue weighted by Gasteiger charge is -2.12. The molecule has 0 aliphatic carbocycles. The Morgan fingerprint density at radius 1 is 1.17 bits per heavy atom. The van der Waals surface area contributed by atoms with Gasteiger partial charge in [0, 0.05) is 47.0 Å². The number of ether oxygens (including phenoxy) is 1. The summed E-state index contributed by atoms with van der Waals surface area (Å²) >= 11 is 11.6. The third kappa shape index (κ3) is 5.82. The highest BCUT2D eigenvalue weighted by Crippen LogP contribution is 2.24. The molecule has 0 saturated carbocycles. The molecule has 0 aliphatic rings. The van der Waals surface area contributed by atoms with E-state index in [0.29, 0.717) is 23.7 Å². The minimum absolute atomic E-state index is 0.00671. The second-order valence-electron chi connectivity index (χ2n) is 6.21. The predicted octanol–water partition coefficient (Wildman–Crippen LogP) is 5.19. The molecule has 3 rings (SSSR count). The molecule has 2 aromatic carbocycles. The monoisotopic (exact) mass is 433 g/mol. The van der Waals surface area contributed by atoms with Gasteiger partial charge in [-0.25, -0.2) is 4.39 Å². The van der Waals surface area contributed by atoms with Crippen molar-refractivity contribution in [3.63, 3.8) is 0 Å². The first-order chi connectivity index (χ1) is 13.9. The molecule has 1 amide bonds. The largest absolute Gasteiger partial charge is 0.484 e. The third-order valence-electron chi connectivity index (χ3n) is 4.02. The first kappa shape index (κ1) is 20.9. The molecule has 0 radical (unpaired) electrons. The van der Waals surface area contributed by atoms with E-state index >= 15 is 0 Å². The van der Waals surface area contributed by atoms with Gasteiger partial charge in [-0.2, -0.15) is 0 Å². The number of nitrogens with one attached hydrogen (secondary N) is 2. The summed E-state index contributed by atoms with van der Waals surface area (Å²) in [7, 11) is 0. The average molecular weight is 434 g/mol. The van der Waals surface area contributed by atoms with Gasteiger partial charge < -0.3 is 15.4 Å². The minimum atomic E-state index is -0.606. The molecule has 29 heavy (non-hydrogen) atoms. The maximum Gasteiger partial charge on any atom is 0.262 e. The smallest absolute Gasteiger partial charge is 0.262 e. The van der Waals surface area contributed by atoms with Crippen molar-refractivity contribution >= 4 is 45.7 Å². The fraction of sp³-hybridized carbons (Fsp3) is 0.143. The molecule has 3 aromatic rings. The first-order valence-corrected chi connectivity index (χ1v) is 9.51. The fourth-order valence-electron chi connectivity index (χ4n) is 2.63. The summed E-state index contributed by atoms with van der Waals surface area (Å²) in [5, 5.41) is 7.53. The van der Waals surface area contributed by atoms with Crippen LogP contribution in [0.3, 0.4) is 0 Å². The number of carbonyl (C=O) groups is 1. The number of fused-ring (bicyclic) bond motifs is 1. The number of amides is 1. The number of rotatable bonds is 8. The molecule has 150 valence electrons. The Balaban J connectivity index is 1.45. The van der Waals surface area contributed by atoms with Crippen molar-refractivity contribution in [3.05, 3.63) is 76.8 Å². The van der Waals surface area contributed by atoms with Gasteiger partial charge in [0.15, 0.2) is 6.61 Å². The Morgan fingerprint density at radius 3 is 2.79 bits per heavy atom. The molecule has 5 nitrogen and oxygen atoms in total. The van der Waals surface area contributed by atoms with Gasteiger partial charge in [0.25, 0.3) is 5.91 Å². The Kier molecular flexibility index (Phi) is 6.90. The number of aromatic nitrogens is 1. The van der Waals surface area contributed by atoms with Gasteiger partial charge in [0.2, 0.25) is 0 Å². The molecule has 0 spiro atoms. The highest BCUT2D eigenvalue weighted by atomic mass is 35.5. The Labute approximate surface area is 177 Å². The van der Waals surface area contributed by atoms with Gasteiger partial charge in [-0.1, -0.05) is 29.8 Å². The van der Waals surface area contributed by atoms with Crippen LogP contribution < -0.4 is 15.4 Å². The van der Waals surface area contributed by atoms with Crippen LogP contribution >= 0.6 is 23.2 Å². The molecule has 0 bridgehead atoms. The van der Waals surface area contributed by atoms with E-state index in [0.717, 1.165) is 22.7 Å². The summed E-state index contributed by atoms with van der Waals surface area (Å²) in [6.45, 7) is 4.14. The number of hydrogen-bond donors (Lipinski definition) is 2. The van der Waals surface area contributed by atoms with Crippen LogP contribution in [0.1, 0.15) is 6.42 Å². The number of nitrogens with zero attached hydrogens (tertiary/aromatic N) is 1. The van der Waals surface area contributed by atoms with E-state index < -0.39 is 5.82 Å². The third-order valence-corrected chi connectivity index (χ3v) is 4.57. The van der Waals surface area contributed by atoms with Gasteiger partial charge in [-0.3, -0.25) is 9.78 Å². The molecule has 1 aromatic heterocycles. The molecular weight excluding hydrogens is 416 g/mol. The van der Waals surface area contributed by atoms with Crippen LogP contribution in [0.25, 0.3) is 10.9 Å². The van der Waals surface area contributed by atoms with Crippen molar-refractivity contribution in [1.82, 2.24) is 10.3 Å². The van der Waals surface area contributed by atoms with Gasteiger partial charge in [-0.15, -0.1) is 0 Å². The van der Waals surface area contributed by atoms with Crippen molar-refractivity contribution in [2.24, 2.45) is 0 Å². The maximum absolute atomic E-state index is 13.4. The van der Waals surface area contributed by atoms with Crippen molar-refractivity contribution in [2.75, 3.05) is 18.5 Å². The van der Waals surface area contributed by atoms with Crippen LogP contribution in [0, 0.1) is 5.82 Å². The average Bonchev–Trinajstić information content (AvgIpc) is 2.68. The first-order valence-electron chi connectivity index (χ1n) is 8.76. The summed E-state index contributed by atoms with van der Waals surface area (Å²) in [4.78, 5) is 16.3. The highest BCUT2D eigenvalue weighted by molar-refractivity contribution is 6.31. The normalized spacial score (nSPS) is 10.6. The molecule has 0 fully saturated rings. The summed E-state index contributed by atoms with van der Waals surface area (Å²) in [5.74, 6) is -0.765. The zero-order chi connectivity index (χ0) is 20.8. The lowest BCUT2D eigenvalue weighted by Crippen LogP contribution is -2.28. The van der Waals surface area contributed by atoms with Crippen molar-refractivity contribution in [2.45, 2.75) is 6.42 Å². The van der Waals surface area contributed by atoms with E-state index in [2.05, 4.69) is 22.2 Å². The van der Waals surface area contributed by atoms with E-state index in [1.165, 1.54) is 12.1 Å². The van der Waals surface area contributed by atoms with Gasteiger partial charge in [0.05, 0.1) is 10.5 Å². The summed E-state index contributed by atoms with van der Waals surface area (Å²) < 4.78 is 18.6. The number of carbonyl (C=O) groups excluding carboxylic acids is 1. The van der Waals surface area contributed by atoms with Crippen molar-refractivity contribution in [1.29, 1.82) is 0 Å². The lowest BCUT2D eigenvalue weighted by atomic mass is 10.2. The van der Waals surface area contributed by atoms with Crippen LogP contribution in [0.15, 0.2) is 60.9 Å². The number of pyridine rings is 1. The van der Waals surface area contributed by atoms with Crippen molar-refractivity contribution < 1.29 is 13.9 Å². The number of hydrogen-bond acceptors (Lipinski definition) is 4. The number of benzene rings is 2. The zero-order valence-corrected chi connectivity index (χ0v) is 16.9. The molecule has 0 aliphatic heterocycles. The summed E-state index contributed by atoms with van der Waals surface area (Å²) in [6, 6.07) is 11.4. The summed E-state index contributed by atoms with van der Waals surface area (Å²) in [6.07, 6.45) is 2.22. The van der Waals surface area contributed by atoms with Gasteiger partial charge >= 0.3 is 0 Å². The lowest BCUT2D eigenvalue weighted by molar-refractivity contribution is -0.122. The molecule has 0 saturated heterocycles. The van der Waals surface area contributed by atoms with Crippen molar-refractivity contribution in [3.8, 4) is 5.75 Å². The second kappa shape index (κ2) is 9.58. The van der Waals surface area contributed by atoms with E-state index in [4.69, 9.17) is 27.9 Å². The van der Waals surface area contributed by atoms with Crippen LogP contribution in [-0.4, -0.2) is 24.0 Å². The maximum atomic E-state index is 13.4. The van der Waals surface area contributed by atoms with E-state index in [9.17, 15) is 9.18 Å². The number of halogens is 3. The van der Waals surface area contributed by atoms with Gasteiger partial charge in [-0.05, 0) is 36.4 Å². The van der Waals surface area contributed by atoms with Crippen LogP contribution in [0.2, 0.25) is 10.0 Å². The van der Waals surface area contributed by atoms with Crippen LogP contribution in [0.4, 0.5) is 10.1 Å². The number of anilines is 1. The predicted molar refractivity (Wildman–Crippen MR) is 114 cm³/mol. The Morgan fingerprint density at radius 2 is 2.00 bits per heavy atom. The van der Waals surface area contributed by atoms with Gasteiger partial charge in [0.1, 0.15) is 11.6 Å². The second-order valence-corrected chi connectivity index (χ2v) is 7.06. The van der Waals surface area contributed by atoms with E-state index in [-0.39, 0.29) is 23.3 Å². The highest BCUT2D eigenvalue weighted by Gasteiger charge is 2.07. The molecule has 2 N–H and O–H groups in total. The molecule has 0 atom stereocenters. The van der Waals surface area contributed by atoms with Crippen LogP contribution in [-0.2, 0) is 4.79 Å². The van der Waals surface area contributed by atoms with E-state index in [1.807, 2.05) is 18.2 Å².